The molecular weight excluding hydrogens is 368 g/mol. The van der Waals surface area contributed by atoms with Gasteiger partial charge in [-0.25, -0.2) is 4.79 Å². The molecule has 29 heavy (non-hydrogen) atoms. The Labute approximate surface area is 172 Å². The van der Waals surface area contributed by atoms with Crippen molar-refractivity contribution in [2.24, 2.45) is 0 Å². The zero-order valence-corrected chi connectivity index (χ0v) is 17.1. The smallest absolute Gasteiger partial charge is 0.337 e. The van der Waals surface area contributed by atoms with E-state index in [1.54, 1.807) is 24.3 Å². The maximum atomic E-state index is 12.4. The number of ketones is 2. The number of benzene rings is 2. The fraction of sp³-hybridized carbons (Fsp3) is 0.375. The third-order valence-corrected chi connectivity index (χ3v) is 4.64. The SMILES string of the molecule is CCCCCCCOc1ccc(C(=O)CC(=O)c2ccc(C(=O)OC)cc2)cc1. The molecular formula is C24H28O5. The van der Waals surface area contributed by atoms with E-state index < -0.39 is 5.97 Å². The predicted molar refractivity (Wildman–Crippen MR) is 112 cm³/mol. The lowest BCUT2D eigenvalue weighted by Gasteiger charge is -2.07. The largest absolute Gasteiger partial charge is 0.494 e. The lowest BCUT2D eigenvalue weighted by Crippen LogP contribution is -2.09. The Morgan fingerprint density at radius 3 is 1.79 bits per heavy atom. The van der Waals surface area contributed by atoms with Crippen LogP contribution in [0.25, 0.3) is 0 Å². The molecule has 0 N–H and O–H groups in total. The molecule has 0 aliphatic carbocycles. The first-order valence-electron chi connectivity index (χ1n) is 10.0. The summed E-state index contributed by atoms with van der Waals surface area (Å²) < 4.78 is 10.3. The predicted octanol–water partition coefficient (Wildman–Crippen LogP) is 5.28. The van der Waals surface area contributed by atoms with Crippen LogP contribution < -0.4 is 4.74 Å². The first-order valence-corrected chi connectivity index (χ1v) is 10.0. The van der Waals surface area contributed by atoms with E-state index in [-0.39, 0.29) is 18.0 Å². The van der Waals surface area contributed by atoms with Crippen LogP contribution in [0.2, 0.25) is 0 Å². The average Bonchev–Trinajstić information content (AvgIpc) is 2.76. The van der Waals surface area contributed by atoms with E-state index in [0.717, 1.165) is 18.6 Å². The van der Waals surface area contributed by atoms with Crippen molar-refractivity contribution in [1.82, 2.24) is 0 Å². The second-order valence-electron chi connectivity index (χ2n) is 6.88. The number of rotatable bonds is 12. The second-order valence-corrected chi connectivity index (χ2v) is 6.88. The Bertz CT molecular complexity index is 806. The highest BCUT2D eigenvalue weighted by molar-refractivity contribution is 6.13. The quantitative estimate of drug-likeness (QED) is 0.211. The van der Waals surface area contributed by atoms with Gasteiger partial charge in [0.1, 0.15) is 5.75 Å². The van der Waals surface area contributed by atoms with Gasteiger partial charge in [-0.05, 0) is 42.8 Å². The zero-order chi connectivity index (χ0) is 21.1. The zero-order valence-electron chi connectivity index (χ0n) is 17.1. The Kier molecular flexibility index (Phi) is 9.09. The molecule has 0 heterocycles. The minimum Gasteiger partial charge on any atom is -0.494 e. The number of Topliss-reactive ketones (excluding diaryl/α,β-unsaturated/α-hetero) is 2. The van der Waals surface area contributed by atoms with Crippen LogP contribution in [0.5, 0.6) is 5.75 Å². The lowest BCUT2D eigenvalue weighted by atomic mass is 10.0. The molecule has 2 aromatic rings. The fourth-order valence-corrected chi connectivity index (χ4v) is 2.89. The first-order chi connectivity index (χ1) is 14.0. The lowest BCUT2D eigenvalue weighted by molar-refractivity contribution is 0.0600. The molecule has 0 saturated heterocycles. The summed E-state index contributed by atoms with van der Waals surface area (Å²) in [6.45, 7) is 2.85. The van der Waals surface area contributed by atoms with E-state index in [2.05, 4.69) is 11.7 Å². The molecule has 0 atom stereocenters. The molecule has 2 aromatic carbocycles. The van der Waals surface area contributed by atoms with Crippen LogP contribution in [0, 0.1) is 0 Å². The van der Waals surface area contributed by atoms with Crippen LogP contribution in [-0.4, -0.2) is 31.3 Å². The Morgan fingerprint density at radius 1 is 0.724 bits per heavy atom. The number of carbonyl (C=O) groups is 3. The molecule has 0 saturated carbocycles. The topological polar surface area (TPSA) is 69.7 Å². The number of methoxy groups -OCH3 is 1. The number of esters is 1. The van der Waals surface area contributed by atoms with Crippen molar-refractivity contribution >= 4 is 17.5 Å². The standard InChI is InChI=1S/C24H28O5/c1-3-4-5-6-7-16-29-21-14-12-19(13-15-21)23(26)17-22(25)18-8-10-20(11-9-18)24(27)28-2/h8-15H,3-7,16-17H2,1-2H3. The van der Waals surface area contributed by atoms with Gasteiger partial charge in [0, 0.05) is 11.1 Å². The summed E-state index contributed by atoms with van der Waals surface area (Å²) in [5.74, 6) is -0.290. The van der Waals surface area contributed by atoms with E-state index in [1.165, 1.54) is 50.6 Å². The van der Waals surface area contributed by atoms with Crippen molar-refractivity contribution in [3.05, 3.63) is 65.2 Å². The number of carbonyl (C=O) groups excluding carboxylic acids is 3. The van der Waals surface area contributed by atoms with E-state index in [1.807, 2.05) is 0 Å². The van der Waals surface area contributed by atoms with E-state index in [4.69, 9.17) is 4.74 Å². The van der Waals surface area contributed by atoms with Crippen LogP contribution >= 0.6 is 0 Å². The monoisotopic (exact) mass is 396 g/mol. The van der Waals surface area contributed by atoms with Gasteiger partial charge < -0.3 is 9.47 Å². The molecule has 0 aromatic heterocycles. The minimum absolute atomic E-state index is 0.227. The third-order valence-electron chi connectivity index (χ3n) is 4.64. The highest BCUT2D eigenvalue weighted by Crippen LogP contribution is 2.16. The van der Waals surface area contributed by atoms with Crippen molar-refractivity contribution in [3.63, 3.8) is 0 Å². The van der Waals surface area contributed by atoms with Crippen molar-refractivity contribution < 1.29 is 23.9 Å². The van der Waals surface area contributed by atoms with Crippen molar-refractivity contribution in [2.75, 3.05) is 13.7 Å². The van der Waals surface area contributed by atoms with E-state index in [9.17, 15) is 14.4 Å². The number of ether oxygens (including phenoxy) is 2. The number of hydrogen-bond donors (Lipinski definition) is 0. The molecule has 0 spiro atoms. The fourth-order valence-electron chi connectivity index (χ4n) is 2.89. The number of hydrogen-bond acceptors (Lipinski definition) is 5. The molecule has 0 amide bonds. The summed E-state index contributed by atoms with van der Waals surface area (Å²) in [5, 5.41) is 0. The molecule has 0 radical (unpaired) electrons. The minimum atomic E-state index is -0.469. The van der Waals surface area contributed by atoms with E-state index in [0.29, 0.717) is 23.3 Å². The molecule has 5 heteroatoms. The molecule has 0 bridgehead atoms. The molecule has 0 aliphatic rings. The molecule has 154 valence electrons. The molecule has 0 unspecified atom stereocenters. The average molecular weight is 396 g/mol. The molecule has 5 nitrogen and oxygen atoms in total. The summed E-state index contributed by atoms with van der Waals surface area (Å²) in [5.41, 5.74) is 1.21. The molecule has 0 fully saturated rings. The highest BCUT2D eigenvalue weighted by atomic mass is 16.5. The van der Waals surface area contributed by atoms with Gasteiger partial charge in [-0.15, -0.1) is 0 Å². The van der Waals surface area contributed by atoms with Gasteiger partial charge in [0.25, 0.3) is 0 Å². The number of unbranched alkanes of at least 4 members (excludes halogenated alkanes) is 4. The summed E-state index contributed by atoms with van der Waals surface area (Å²) in [7, 11) is 1.30. The summed E-state index contributed by atoms with van der Waals surface area (Å²) >= 11 is 0. The first kappa shape index (κ1) is 22.3. The molecule has 0 aliphatic heterocycles. The van der Waals surface area contributed by atoms with Crippen LogP contribution in [0.1, 0.15) is 76.5 Å². The second kappa shape index (κ2) is 11.8. The Balaban J connectivity index is 1.83. The van der Waals surface area contributed by atoms with Crippen LogP contribution in [0.4, 0.5) is 0 Å². The summed E-state index contributed by atoms with van der Waals surface area (Å²) in [6.07, 6.45) is 5.65. The van der Waals surface area contributed by atoms with E-state index >= 15 is 0 Å². The molecule has 2 rings (SSSR count). The van der Waals surface area contributed by atoms with Gasteiger partial charge in [0.2, 0.25) is 0 Å². The maximum Gasteiger partial charge on any atom is 0.337 e. The van der Waals surface area contributed by atoms with Gasteiger partial charge >= 0.3 is 5.97 Å². The van der Waals surface area contributed by atoms with Gasteiger partial charge in [0.15, 0.2) is 11.6 Å². The van der Waals surface area contributed by atoms with Crippen molar-refractivity contribution in [1.29, 1.82) is 0 Å². The third kappa shape index (κ3) is 7.18. The van der Waals surface area contributed by atoms with Gasteiger partial charge in [-0.3, -0.25) is 9.59 Å². The van der Waals surface area contributed by atoms with Gasteiger partial charge in [0.05, 0.1) is 25.7 Å². The summed E-state index contributed by atoms with van der Waals surface area (Å²) in [6, 6.07) is 13.0. The normalized spacial score (nSPS) is 10.4. The van der Waals surface area contributed by atoms with Crippen molar-refractivity contribution in [3.8, 4) is 5.75 Å². The summed E-state index contributed by atoms with van der Waals surface area (Å²) in [4.78, 5) is 36.2. The van der Waals surface area contributed by atoms with Gasteiger partial charge in [-0.1, -0.05) is 44.7 Å². The van der Waals surface area contributed by atoms with Crippen LogP contribution in [0.3, 0.4) is 0 Å². The van der Waals surface area contributed by atoms with Crippen LogP contribution in [-0.2, 0) is 4.74 Å². The van der Waals surface area contributed by atoms with Gasteiger partial charge in [-0.2, -0.15) is 0 Å². The highest BCUT2D eigenvalue weighted by Gasteiger charge is 2.15. The maximum absolute atomic E-state index is 12.4. The Morgan fingerprint density at radius 2 is 1.24 bits per heavy atom. The Hall–Kier alpha value is -2.95. The van der Waals surface area contributed by atoms with Crippen molar-refractivity contribution in [2.45, 2.75) is 45.4 Å². The van der Waals surface area contributed by atoms with Crippen LogP contribution in [0.15, 0.2) is 48.5 Å².